The molecule has 0 saturated carbocycles. The van der Waals surface area contributed by atoms with Crippen LogP contribution in [-0.4, -0.2) is 51.1 Å². The summed E-state index contributed by atoms with van der Waals surface area (Å²) in [7, 11) is 0. The minimum Gasteiger partial charge on any atom is -0.450 e. The second-order valence-corrected chi connectivity index (χ2v) is 7.01. The van der Waals surface area contributed by atoms with Crippen LogP contribution in [0.15, 0.2) is 48.7 Å². The topological polar surface area (TPSA) is 88.8 Å². The van der Waals surface area contributed by atoms with E-state index in [1.807, 2.05) is 36.5 Å². The molecule has 1 aliphatic rings. The zero-order chi connectivity index (χ0) is 21.1. The highest BCUT2D eigenvalue weighted by Gasteiger charge is 2.20. The number of carbonyl (C=O) groups is 2. The number of hydrogen-bond acceptors (Lipinski definition) is 6. The van der Waals surface area contributed by atoms with Crippen LogP contribution in [0.3, 0.4) is 0 Å². The van der Waals surface area contributed by atoms with Gasteiger partial charge in [-0.05, 0) is 62.2 Å². The quantitative estimate of drug-likeness (QED) is 0.647. The highest BCUT2D eigenvalue weighted by molar-refractivity contribution is 5.94. The van der Waals surface area contributed by atoms with Crippen LogP contribution in [0.5, 0.6) is 0 Å². The van der Waals surface area contributed by atoms with Crippen molar-refractivity contribution in [2.75, 3.05) is 25.0 Å². The zero-order valence-electron chi connectivity index (χ0n) is 17.0. The van der Waals surface area contributed by atoms with E-state index in [1.165, 1.54) is 0 Å². The van der Waals surface area contributed by atoms with Crippen molar-refractivity contribution in [1.29, 1.82) is 0 Å². The third-order valence-corrected chi connectivity index (χ3v) is 4.99. The number of ketones is 1. The summed E-state index contributed by atoms with van der Waals surface area (Å²) in [5.41, 5.74) is 4.34. The minimum atomic E-state index is -0.282. The van der Waals surface area contributed by atoms with Gasteiger partial charge in [0.2, 0.25) is 5.95 Å². The molecule has 30 heavy (non-hydrogen) atoms. The molecule has 0 unspecified atom stereocenters. The number of fused-ring (bicyclic) bond motifs is 1. The van der Waals surface area contributed by atoms with E-state index < -0.39 is 0 Å². The Kier molecular flexibility index (Phi) is 5.47. The summed E-state index contributed by atoms with van der Waals surface area (Å²) in [6, 6.07) is 11.2. The highest BCUT2D eigenvalue weighted by atomic mass is 16.6. The molecule has 4 rings (SSSR count). The Morgan fingerprint density at radius 1 is 1.20 bits per heavy atom. The molecule has 1 N–H and O–H groups in total. The Morgan fingerprint density at radius 2 is 2.00 bits per heavy atom. The number of carbonyl (C=O) groups excluding carboxylic acids is 2. The van der Waals surface area contributed by atoms with Crippen LogP contribution in [0, 0.1) is 0 Å². The molecule has 0 aliphatic carbocycles. The molecule has 0 fully saturated rings. The fraction of sp³-hybridized carbons (Fsp3) is 0.273. The Hall–Kier alpha value is -3.68. The number of benzene rings is 1. The average molecular weight is 405 g/mol. The van der Waals surface area contributed by atoms with Crippen molar-refractivity contribution in [3.63, 3.8) is 0 Å². The monoisotopic (exact) mass is 405 g/mol. The lowest BCUT2D eigenvalue weighted by molar-refractivity contribution is 0.101. The maximum atomic E-state index is 11.9. The summed E-state index contributed by atoms with van der Waals surface area (Å²) in [4.78, 5) is 29.7. The normalized spacial score (nSPS) is 13.8. The smallest absolute Gasteiger partial charge is 0.410 e. The van der Waals surface area contributed by atoms with E-state index in [2.05, 4.69) is 15.4 Å². The molecule has 8 nitrogen and oxygen atoms in total. The lowest BCUT2D eigenvalue weighted by Gasteiger charge is -2.25. The molecule has 1 aromatic carbocycles. The van der Waals surface area contributed by atoms with Gasteiger partial charge in [0.05, 0.1) is 6.61 Å². The molecular weight excluding hydrogens is 382 g/mol. The standard InChI is InChI=1S/C22H23N5O3/c1-3-30-22(29)26-13-10-17(11-14-26)19-5-4-12-27-20(19)24-21(25-27)23-18-8-6-16(7-9-18)15(2)28/h4-10,12H,3,11,13-14H2,1-2H3,(H,23,25). The molecule has 2 aromatic heterocycles. The summed E-state index contributed by atoms with van der Waals surface area (Å²) >= 11 is 0. The molecular formula is C22H23N5O3. The molecule has 154 valence electrons. The van der Waals surface area contributed by atoms with Gasteiger partial charge in [-0.1, -0.05) is 6.08 Å². The molecule has 3 aromatic rings. The fourth-order valence-electron chi connectivity index (χ4n) is 3.42. The number of nitrogens with zero attached hydrogens (tertiary/aromatic N) is 4. The molecule has 3 heterocycles. The third-order valence-electron chi connectivity index (χ3n) is 4.99. The number of Topliss-reactive ketones (excluding diaryl/α,β-unsaturated/α-hetero) is 1. The summed E-state index contributed by atoms with van der Waals surface area (Å²) < 4.78 is 6.81. The second-order valence-electron chi connectivity index (χ2n) is 7.01. The average Bonchev–Trinajstić information content (AvgIpc) is 3.17. The number of aromatic nitrogens is 3. The van der Waals surface area contributed by atoms with Gasteiger partial charge in [-0.15, -0.1) is 5.10 Å². The van der Waals surface area contributed by atoms with Crippen LogP contribution in [-0.2, 0) is 4.74 Å². The van der Waals surface area contributed by atoms with E-state index in [-0.39, 0.29) is 11.9 Å². The van der Waals surface area contributed by atoms with Crippen LogP contribution in [0.2, 0.25) is 0 Å². The number of pyridine rings is 1. The van der Waals surface area contributed by atoms with Crippen LogP contribution < -0.4 is 5.32 Å². The van der Waals surface area contributed by atoms with E-state index in [0.29, 0.717) is 31.2 Å². The van der Waals surface area contributed by atoms with Gasteiger partial charge >= 0.3 is 6.09 Å². The van der Waals surface area contributed by atoms with Crippen molar-refractivity contribution >= 4 is 34.7 Å². The number of anilines is 2. The maximum Gasteiger partial charge on any atom is 0.410 e. The Morgan fingerprint density at radius 3 is 2.67 bits per heavy atom. The Labute approximate surface area is 174 Å². The molecule has 0 radical (unpaired) electrons. The minimum absolute atomic E-state index is 0.0272. The largest absolute Gasteiger partial charge is 0.450 e. The number of rotatable bonds is 5. The van der Waals surface area contributed by atoms with Gasteiger partial charge < -0.3 is 15.0 Å². The summed E-state index contributed by atoms with van der Waals surface area (Å²) in [5.74, 6) is 0.502. The number of nitrogens with one attached hydrogen (secondary N) is 1. The van der Waals surface area contributed by atoms with Crippen molar-refractivity contribution in [2.45, 2.75) is 20.3 Å². The fourth-order valence-corrected chi connectivity index (χ4v) is 3.42. The van der Waals surface area contributed by atoms with E-state index in [4.69, 9.17) is 4.74 Å². The van der Waals surface area contributed by atoms with Gasteiger partial charge in [-0.3, -0.25) is 4.79 Å². The van der Waals surface area contributed by atoms with Gasteiger partial charge in [-0.2, -0.15) is 4.98 Å². The number of amides is 1. The SMILES string of the molecule is CCOC(=O)N1CC=C(c2cccn3nc(Nc4ccc(C(C)=O)cc4)nc23)CC1. The highest BCUT2D eigenvalue weighted by Crippen LogP contribution is 2.26. The summed E-state index contributed by atoms with van der Waals surface area (Å²) in [6.45, 7) is 4.83. The van der Waals surface area contributed by atoms with Gasteiger partial charge in [0.1, 0.15) is 0 Å². The molecule has 0 bridgehead atoms. The molecule has 0 saturated heterocycles. The van der Waals surface area contributed by atoms with Crippen LogP contribution in [0.25, 0.3) is 11.2 Å². The van der Waals surface area contributed by atoms with Crippen LogP contribution >= 0.6 is 0 Å². The maximum absolute atomic E-state index is 11.9. The third kappa shape index (κ3) is 4.03. The van der Waals surface area contributed by atoms with Gasteiger partial charge in [0, 0.05) is 36.1 Å². The lowest BCUT2D eigenvalue weighted by Crippen LogP contribution is -2.35. The predicted octanol–water partition coefficient (Wildman–Crippen LogP) is 3.92. The predicted molar refractivity (Wildman–Crippen MR) is 114 cm³/mol. The first kappa shape index (κ1) is 19.6. The van der Waals surface area contributed by atoms with E-state index in [0.717, 1.165) is 28.9 Å². The van der Waals surface area contributed by atoms with E-state index in [1.54, 1.807) is 35.4 Å². The van der Waals surface area contributed by atoms with Crippen molar-refractivity contribution in [3.8, 4) is 0 Å². The van der Waals surface area contributed by atoms with Gasteiger partial charge in [-0.25, -0.2) is 9.31 Å². The van der Waals surface area contributed by atoms with Crippen molar-refractivity contribution in [3.05, 3.63) is 59.8 Å². The second kappa shape index (κ2) is 8.36. The van der Waals surface area contributed by atoms with Crippen LogP contribution in [0.4, 0.5) is 16.4 Å². The Bertz CT molecular complexity index is 1120. The summed E-state index contributed by atoms with van der Waals surface area (Å²) in [6.07, 6.45) is 4.33. The van der Waals surface area contributed by atoms with Crippen LogP contribution in [0.1, 0.15) is 36.2 Å². The number of ether oxygens (including phenoxy) is 1. The molecule has 0 spiro atoms. The molecule has 1 aliphatic heterocycles. The number of hydrogen-bond donors (Lipinski definition) is 1. The first-order chi connectivity index (χ1) is 14.5. The molecule has 1 amide bonds. The lowest BCUT2D eigenvalue weighted by atomic mass is 10.0. The molecule has 8 heteroatoms. The zero-order valence-corrected chi connectivity index (χ0v) is 17.0. The van der Waals surface area contributed by atoms with Gasteiger partial charge in [0.15, 0.2) is 11.4 Å². The molecule has 0 atom stereocenters. The van der Waals surface area contributed by atoms with Crippen molar-refractivity contribution in [1.82, 2.24) is 19.5 Å². The van der Waals surface area contributed by atoms with Crippen molar-refractivity contribution in [2.24, 2.45) is 0 Å². The summed E-state index contributed by atoms with van der Waals surface area (Å²) in [5, 5.41) is 7.69. The van der Waals surface area contributed by atoms with Gasteiger partial charge in [0.25, 0.3) is 0 Å². The first-order valence-corrected chi connectivity index (χ1v) is 9.89. The first-order valence-electron chi connectivity index (χ1n) is 9.89. The van der Waals surface area contributed by atoms with E-state index >= 15 is 0 Å². The van der Waals surface area contributed by atoms with E-state index in [9.17, 15) is 9.59 Å². The Balaban J connectivity index is 1.55. The van der Waals surface area contributed by atoms with Crippen molar-refractivity contribution < 1.29 is 14.3 Å².